The number of carbonyl (C=O) groups is 1. The Morgan fingerprint density at radius 1 is 1.67 bits per heavy atom. The molecule has 0 aliphatic carbocycles. The van der Waals surface area contributed by atoms with Gasteiger partial charge >= 0.3 is 5.97 Å². The molecule has 0 aliphatic rings. The fourth-order valence-corrected chi connectivity index (χ4v) is 2.27. The smallest absolute Gasteiger partial charge is 0.340 e. The average molecular weight is 207 g/mol. The second-order valence-corrected chi connectivity index (χ2v) is 3.97. The van der Waals surface area contributed by atoms with E-state index in [1.807, 2.05) is 0 Å². The van der Waals surface area contributed by atoms with Crippen LogP contribution in [0, 0.1) is 6.92 Å². The first-order valence-electron chi connectivity index (χ1n) is 3.14. The molecular formula is C7H7ClO3S. The molecule has 1 rings (SSSR count). The molecule has 0 radical (unpaired) electrons. The highest BCUT2D eigenvalue weighted by atomic mass is 35.5. The van der Waals surface area contributed by atoms with E-state index in [1.165, 1.54) is 18.4 Å². The molecular weight excluding hydrogens is 200 g/mol. The minimum absolute atomic E-state index is 0.160. The fraction of sp³-hybridized carbons (Fsp3) is 0.286. The lowest BCUT2D eigenvalue weighted by molar-refractivity contribution is 0.0693. The molecule has 1 aromatic heterocycles. The Morgan fingerprint density at radius 2 is 2.25 bits per heavy atom. The van der Waals surface area contributed by atoms with Crippen LogP contribution >= 0.6 is 22.9 Å². The Hall–Kier alpha value is -0.740. The summed E-state index contributed by atoms with van der Waals surface area (Å²) in [7, 11) is 1.40. The van der Waals surface area contributed by atoms with Gasteiger partial charge in [0.1, 0.15) is 9.90 Å². The van der Waals surface area contributed by atoms with Crippen LogP contribution in [0.4, 0.5) is 0 Å². The highest BCUT2D eigenvalue weighted by Gasteiger charge is 2.20. The highest BCUT2D eigenvalue weighted by Crippen LogP contribution is 2.38. The van der Waals surface area contributed by atoms with E-state index in [0.717, 1.165) is 0 Å². The molecule has 0 unspecified atom stereocenters. The van der Waals surface area contributed by atoms with E-state index in [4.69, 9.17) is 21.4 Å². The monoisotopic (exact) mass is 206 g/mol. The zero-order chi connectivity index (χ0) is 9.30. The average Bonchev–Trinajstić information content (AvgIpc) is 2.24. The van der Waals surface area contributed by atoms with E-state index in [2.05, 4.69) is 0 Å². The topological polar surface area (TPSA) is 46.5 Å². The van der Waals surface area contributed by atoms with E-state index in [9.17, 15) is 4.79 Å². The second-order valence-electron chi connectivity index (χ2n) is 2.15. The summed E-state index contributed by atoms with van der Waals surface area (Å²) in [6.45, 7) is 1.70. The molecule has 1 heterocycles. The quantitative estimate of drug-likeness (QED) is 0.809. The van der Waals surface area contributed by atoms with Crippen molar-refractivity contribution in [2.45, 2.75) is 6.92 Å². The van der Waals surface area contributed by atoms with Crippen molar-refractivity contribution in [3.63, 3.8) is 0 Å². The number of hydrogen-bond acceptors (Lipinski definition) is 3. The number of halogens is 1. The third-order valence-corrected chi connectivity index (χ3v) is 2.70. The molecule has 3 nitrogen and oxygen atoms in total. The summed E-state index contributed by atoms with van der Waals surface area (Å²) in [5.41, 5.74) is 0.160. The van der Waals surface area contributed by atoms with Gasteiger partial charge in [-0.2, -0.15) is 0 Å². The lowest BCUT2D eigenvalue weighted by atomic mass is 10.2. The molecule has 0 bridgehead atoms. The minimum atomic E-state index is -1.01. The van der Waals surface area contributed by atoms with Crippen molar-refractivity contribution < 1.29 is 14.6 Å². The molecule has 12 heavy (non-hydrogen) atoms. The van der Waals surface area contributed by atoms with Gasteiger partial charge in [0.15, 0.2) is 5.75 Å². The van der Waals surface area contributed by atoms with Gasteiger partial charge in [-0.05, 0) is 6.92 Å². The lowest BCUT2D eigenvalue weighted by Gasteiger charge is -1.98. The first-order valence-corrected chi connectivity index (χ1v) is 4.33. The first-order chi connectivity index (χ1) is 5.57. The van der Waals surface area contributed by atoms with E-state index in [-0.39, 0.29) is 11.3 Å². The summed E-state index contributed by atoms with van der Waals surface area (Å²) in [6, 6.07) is 0. The van der Waals surface area contributed by atoms with Crippen LogP contribution in [0.5, 0.6) is 5.75 Å². The number of ether oxygens (including phenoxy) is 1. The molecule has 0 spiro atoms. The molecule has 0 saturated heterocycles. The van der Waals surface area contributed by atoms with Crippen LogP contribution in [0.2, 0.25) is 4.34 Å². The van der Waals surface area contributed by atoms with E-state index >= 15 is 0 Å². The van der Waals surface area contributed by atoms with Gasteiger partial charge in [-0.15, -0.1) is 11.3 Å². The van der Waals surface area contributed by atoms with Crippen LogP contribution in [0.15, 0.2) is 0 Å². The van der Waals surface area contributed by atoms with Gasteiger partial charge in [0.25, 0.3) is 0 Å². The van der Waals surface area contributed by atoms with Crippen LogP contribution in [0.1, 0.15) is 15.2 Å². The summed E-state index contributed by atoms with van der Waals surface area (Å²) in [5.74, 6) is -0.751. The van der Waals surface area contributed by atoms with Gasteiger partial charge < -0.3 is 9.84 Å². The van der Waals surface area contributed by atoms with E-state index in [1.54, 1.807) is 6.92 Å². The Balaban J connectivity index is 3.32. The van der Waals surface area contributed by atoms with Crippen LogP contribution in [-0.2, 0) is 0 Å². The summed E-state index contributed by atoms with van der Waals surface area (Å²) >= 11 is 6.93. The normalized spacial score (nSPS) is 9.92. The lowest BCUT2D eigenvalue weighted by Crippen LogP contribution is -1.99. The fourth-order valence-electron chi connectivity index (χ4n) is 0.920. The van der Waals surface area contributed by atoms with Gasteiger partial charge in [0.05, 0.1) is 7.11 Å². The SMILES string of the molecule is COc1c(Cl)sc(C)c1C(=O)O. The van der Waals surface area contributed by atoms with Crippen LogP contribution in [-0.4, -0.2) is 18.2 Å². The summed E-state index contributed by atoms with van der Waals surface area (Å²) in [5, 5.41) is 8.76. The maximum Gasteiger partial charge on any atom is 0.340 e. The van der Waals surface area contributed by atoms with Crippen LogP contribution in [0.3, 0.4) is 0 Å². The molecule has 0 amide bonds. The Bertz CT molecular complexity index is 319. The molecule has 0 aromatic carbocycles. The van der Waals surface area contributed by atoms with Gasteiger partial charge in [-0.1, -0.05) is 11.6 Å². The standard InChI is InChI=1S/C7H7ClO3S/c1-3-4(7(9)10)5(11-2)6(8)12-3/h1-2H3,(H,9,10). The number of aromatic carboxylic acids is 1. The minimum Gasteiger partial charge on any atom is -0.493 e. The maximum atomic E-state index is 10.7. The van der Waals surface area contributed by atoms with Crippen molar-refractivity contribution in [3.8, 4) is 5.75 Å². The number of rotatable bonds is 2. The van der Waals surface area contributed by atoms with E-state index in [0.29, 0.717) is 9.21 Å². The summed E-state index contributed by atoms with van der Waals surface area (Å²) in [4.78, 5) is 11.3. The maximum absolute atomic E-state index is 10.7. The molecule has 66 valence electrons. The summed E-state index contributed by atoms with van der Waals surface area (Å²) in [6.07, 6.45) is 0. The molecule has 0 atom stereocenters. The molecule has 5 heteroatoms. The summed E-state index contributed by atoms with van der Waals surface area (Å²) < 4.78 is 5.24. The Morgan fingerprint density at radius 3 is 2.58 bits per heavy atom. The highest BCUT2D eigenvalue weighted by molar-refractivity contribution is 7.17. The zero-order valence-corrected chi connectivity index (χ0v) is 8.12. The van der Waals surface area contributed by atoms with Gasteiger partial charge in [0, 0.05) is 4.88 Å². The predicted octanol–water partition coefficient (Wildman–Crippen LogP) is 2.42. The van der Waals surface area contributed by atoms with Gasteiger partial charge in [0.2, 0.25) is 0 Å². The number of carboxylic acids is 1. The third kappa shape index (κ3) is 1.40. The van der Waals surface area contributed by atoms with Crippen molar-refractivity contribution in [3.05, 3.63) is 14.8 Å². The largest absolute Gasteiger partial charge is 0.493 e. The molecule has 0 fully saturated rings. The molecule has 0 aliphatic heterocycles. The zero-order valence-electron chi connectivity index (χ0n) is 6.55. The molecule has 0 saturated carbocycles. The number of aryl methyl sites for hydroxylation is 1. The number of thiophene rings is 1. The Labute approximate surface area is 78.5 Å². The van der Waals surface area contributed by atoms with Gasteiger partial charge in [-0.3, -0.25) is 0 Å². The number of methoxy groups -OCH3 is 1. The van der Waals surface area contributed by atoms with Crippen LogP contribution < -0.4 is 4.74 Å². The van der Waals surface area contributed by atoms with E-state index < -0.39 is 5.97 Å². The predicted molar refractivity (Wildman–Crippen MR) is 47.6 cm³/mol. The second kappa shape index (κ2) is 3.33. The van der Waals surface area contributed by atoms with Crippen molar-refractivity contribution in [2.75, 3.05) is 7.11 Å². The van der Waals surface area contributed by atoms with Crippen molar-refractivity contribution in [1.82, 2.24) is 0 Å². The van der Waals surface area contributed by atoms with Gasteiger partial charge in [-0.25, -0.2) is 4.79 Å². The number of hydrogen-bond donors (Lipinski definition) is 1. The van der Waals surface area contributed by atoms with Crippen molar-refractivity contribution in [2.24, 2.45) is 0 Å². The Kier molecular flexibility index (Phi) is 2.59. The number of carboxylic acid groups (broad SMARTS) is 1. The first kappa shape index (κ1) is 9.35. The molecule has 1 N–H and O–H groups in total. The molecule has 1 aromatic rings. The van der Waals surface area contributed by atoms with Crippen LogP contribution in [0.25, 0.3) is 0 Å². The van der Waals surface area contributed by atoms with Crippen molar-refractivity contribution in [1.29, 1.82) is 0 Å². The van der Waals surface area contributed by atoms with Crippen molar-refractivity contribution >= 4 is 28.9 Å². The third-order valence-electron chi connectivity index (χ3n) is 1.42.